The third-order valence-electron chi connectivity index (χ3n) is 10.6. The van der Waals surface area contributed by atoms with Gasteiger partial charge in [-0.1, -0.05) is 39.5 Å². The van der Waals surface area contributed by atoms with Crippen LogP contribution in [0.1, 0.15) is 131 Å². The molecule has 0 aliphatic heterocycles. The van der Waals surface area contributed by atoms with Gasteiger partial charge in [0.15, 0.2) is 0 Å². The predicted molar refractivity (Wildman–Crippen MR) is 194 cm³/mol. The van der Waals surface area contributed by atoms with E-state index in [9.17, 15) is 28.6 Å². The third kappa shape index (κ3) is 15.2. The second-order valence-corrected chi connectivity index (χ2v) is 18.6. The molecule has 0 aromatic carbocycles. The molecule has 2 saturated carbocycles. The number of esters is 3. The van der Waals surface area contributed by atoms with Crippen LogP contribution in [0.15, 0.2) is 0 Å². The van der Waals surface area contributed by atoms with Gasteiger partial charge in [-0.15, -0.1) is 0 Å². The lowest BCUT2D eigenvalue weighted by molar-refractivity contribution is -0.870. The average Bonchev–Trinajstić information content (AvgIpc) is 3.06. The molecule has 0 aromatic heterocycles. The van der Waals surface area contributed by atoms with Crippen LogP contribution in [0.2, 0.25) is 0 Å². The molecule has 0 aromatic rings. The maximum Gasteiger partial charge on any atom is 0.472 e. The lowest BCUT2D eigenvalue weighted by atomic mass is 9.65. The van der Waals surface area contributed by atoms with Crippen molar-refractivity contribution in [2.75, 3.05) is 54.1 Å². The lowest BCUT2D eigenvalue weighted by Gasteiger charge is -2.40. The van der Waals surface area contributed by atoms with E-state index >= 15 is 0 Å². The zero-order chi connectivity index (χ0) is 38.5. The number of nitrogens with zero attached hydrogens (tertiary/aromatic N) is 1. The minimum absolute atomic E-state index is 0.0176. The fourth-order valence-electron chi connectivity index (χ4n) is 7.37. The van der Waals surface area contributed by atoms with E-state index in [1.54, 1.807) is 27.7 Å². The standard InChI is InChI=1S/C38H68NO11P/c1-10-12-23-46-34(42)38(6,27-36(3,4)33(41)47-25-26-49-51(44,45)48-24-22-39(7,8)9)28-37(5,11-2)35(43)50-31-20-18-30(19-21-31)32(40)29-16-14-13-15-17-29/h29-31H,10-28H2,1-9H3/p+1. The first kappa shape index (κ1) is 45.3. The van der Waals surface area contributed by atoms with Crippen LogP contribution in [0.3, 0.4) is 0 Å². The lowest BCUT2D eigenvalue weighted by Crippen LogP contribution is -2.45. The number of phosphoric ester groups is 1. The van der Waals surface area contributed by atoms with Crippen LogP contribution in [0.4, 0.5) is 0 Å². The van der Waals surface area contributed by atoms with Crippen LogP contribution >= 0.6 is 7.82 Å². The maximum absolute atomic E-state index is 13.9. The Bertz CT molecular complexity index is 1190. The Morgan fingerprint density at radius 1 is 0.706 bits per heavy atom. The van der Waals surface area contributed by atoms with Gasteiger partial charge in [-0.05, 0) is 91.9 Å². The Balaban J connectivity index is 2.05. The minimum Gasteiger partial charge on any atom is -0.465 e. The van der Waals surface area contributed by atoms with Crippen molar-refractivity contribution >= 4 is 31.5 Å². The molecule has 0 saturated heterocycles. The number of hydrogen-bond donors (Lipinski definition) is 1. The van der Waals surface area contributed by atoms with E-state index in [4.69, 9.17) is 23.3 Å². The number of hydrogen-bond acceptors (Lipinski definition) is 10. The van der Waals surface area contributed by atoms with Crippen molar-refractivity contribution in [2.45, 2.75) is 138 Å². The van der Waals surface area contributed by atoms with E-state index < -0.39 is 42.0 Å². The highest BCUT2D eigenvalue weighted by Gasteiger charge is 2.50. The molecule has 0 amide bonds. The Kier molecular flexibility index (Phi) is 17.8. The molecule has 296 valence electrons. The van der Waals surface area contributed by atoms with Crippen molar-refractivity contribution in [1.29, 1.82) is 0 Å². The smallest absolute Gasteiger partial charge is 0.465 e. The summed E-state index contributed by atoms with van der Waals surface area (Å²) in [6.45, 7) is 10.8. The highest BCUT2D eigenvalue weighted by Crippen LogP contribution is 2.47. The number of ketones is 1. The van der Waals surface area contributed by atoms with Gasteiger partial charge in [0.2, 0.25) is 0 Å². The molecule has 51 heavy (non-hydrogen) atoms. The second-order valence-electron chi connectivity index (χ2n) is 17.1. The summed E-state index contributed by atoms with van der Waals surface area (Å²) in [4.78, 5) is 64.0. The summed E-state index contributed by atoms with van der Waals surface area (Å²) in [5.41, 5.74) is -3.49. The molecule has 0 bridgehead atoms. The summed E-state index contributed by atoms with van der Waals surface area (Å²) in [5, 5.41) is 0. The van der Waals surface area contributed by atoms with Crippen LogP contribution in [0, 0.1) is 28.1 Å². The molecule has 0 radical (unpaired) electrons. The largest absolute Gasteiger partial charge is 0.472 e. The fraction of sp³-hybridized carbons (Fsp3) is 0.895. The zero-order valence-electron chi connectivity index (χ0n) is 33.1. The van der Waals surface area contributed by atoms with Crippen LogP contribution < -0.4 is 0 Å². The van der Waals surface area contributed by atoms with Gasteiger partial charge in [-0.3, -0.25) is 28.2 Å². The fourth-order valence-corrected chi connectivity index (χ4v) is 8.06. The first-order valence-corrected chi connectivity index (χ1v) is 20.7. The molecule has 2 fully saturated rings. The maximum atomic E-state index is 13.9. The van der Waals surface area contributed by atoms with Crippen LogP contribution in [-0.2, 0) is 47.0 Å². The van der Waals surface area contributed by atoms with Crippen molar-refractivity contribution < 1.29 is 56.4 Å². The first-order chi connectivity index (χ1) is 23.7. The molecule has 2 aliphatic rings. The van der Waals surface area contributed by atoms with E-state index in [1.807, 2.05) is 35.0 Å². The molecule has 0 heterocycles. The first-order valence-electron chi connectivity index (χ1n) is 19.2. The zero-order valence-corrected chi connectivity index (χ0v) is 34.0. The predicted octanol–water partition coefficient (Wildman–Crippen LogP) is 7.19. The third-order valence-corrected chi connectivity index (χ3v) is 11.6. The highest BCUT2D eigenvalue weighted by atomic mass is 31.2. The molecule has 2 rings (SSSR count). The van der Waals surface area contributed by atoms with E-state index in [-0.39, 0.29) is 57.2 Å². The van der Waals surface area contributed by atoms with Crippen molar-refractivity contribution in [3.8, 4) is 0 Å². The number of phosphoric acid groups is 1. The van der Waals surface area contributed by atoms with Gasteiger partial charge in [0.1, 0.15) is 31.6 Å². The minimum atomic E-state index is -4.32. The number of Topliss-reactive ketones (excluding diaryl/α,β-unsaturated/α-hetero) is 1. The molecular formula is C38H69NO11P+. The summed E-state index contributed by atoms with van der Waals surface area (Å²) in [6.07, 6.45) is 9.91. The van der Waals surface area contributed by atoms with E-state index in [1.165, 1.54) is 6.42 Å². The summed E-state index contributed by atoms with van der Waals surface area (Å²) in [6, 6.07) is 0. The molecule has 0 spiro atoms. The van der Waals surface area contributed by atoms with Crippen LogP contribution in [0.25, 0.3) is 0 Å². The van der Waals surface area contributed by atoms with Crippen molar-refractivity contribution in [1.82, 2.24) is 0 Å². The monoisotopic (exact) mass is 746 g/mol. The summed E-state index contributed by atoms with van der Waals surface area (Å²) in [5.74, 6) is -0.918. The number of likely N-dealkylation sites (N-methyl/N-ethyl adjacent to an activating group) is 1. The van der Waals surface area contributed by atoms with Gasteiger partial charge >= 0.3 is 25.7 Å². The molecule has 2 aliphatic carbocycles. The van der Waals surface area contributed by atoms with E-state index in [0.717, 1.165) is 44.9 Å². The van der Waals surface area contributed by atoms with Crippen LogP contribution in [-0.4, -0.2) is 93.3 Å². The molecular weight excluding hydrogens is 677 g/mol. The number of carbonyl (C=O) groups excluding carboxylic acids is 4. The normalized spacial score (nSPS) is 22.5. The molecule has 13 heteroatoms. The van der Waals surface area contributed by atoms with Crippen molar-refractivity contribution in [3.05, 3.63) is 0 Å². The van der Waals surface area contributed by atoms with Crippen molar-refractivity contribution in [2.24, 2.45) is 28.1 Å². The molecule has 1 N–H and O–H groups in total. The van der Waals surface area contributed by atoms with Gasteiger partial charge < -0.3 is 23.6 Å². The van der Waals surface area contributed by atoms with E-state index in [0.29, 0.717) is 42.5 Å². The molecule has 12 nitrogen and oxygen atoms in total. The Labute approximate surface area is 307 Å². The second kappa shape index (κ2) is 20.0. The van der Waals surface area contributed by atoms with Gasteiger partial charge in [-0.25, -0.2) is 4.57 Å². The number of rotatable bonds is 22. The summed E-state index contributed by atoms with van der Waals surface area (Å²) in [7, 11) is 1.45. The Hall–Kier alpha value is -1.85. The van der Waals surface area contributed by atoms with Gasteiger partial charge in [0.25, 0.3) is 0 Å². The SMILES string of the molecule is CCCCOC(=O)C(C)(CC(C)(C)C(=O)OCCOP(=O)(O)OCC[N+](C)(C)C)CC(C)(CC)C(=O)OC1CCC(C(=O)C2CCCCC2)CC1. The van der Waals surface area contributed by atoms with Crippen molar-refractivity contribution in [3.63, 3.8) is 0 Å². The number of quaternary nitrogens is 1. The Morgan fingerprint density at radius 2 is 1.27 bits per heavy atom. The van der Waals surface area contributed by atoms with Gasteiger partial charge in [0.05, 0.1) is 50.6 Å². The topological polar surface area (TPSA) is 152 Å². The Morgan fingerprint density at radius 3 is 1.84 bits per heavy atom. The number of ether oxygens (including phenoxy) is 3. The number of carbonyl (C=O) groups is 4. The number of unbranched alkanes of at least 4 members (excludes halogenated alkanes) is 1. The summed E-state index contributed by atoms with van der Waals surface area (Å²) < 4.78 is 40.0. The van der Waals surface area contributed by atoms with E-state index in [2.05, 4.69) is 0 Å². The highest BCUT2D eigenvalue weighted by molar-refractivity contribution is 7.47. The quantitative estimate of drug-likeness (QED) is 0.0394. The molecule has 3 unspecified atom stereocenters. The van der Waals surface area contributed by atoms with Gasteiger partial charge in [0, 0.05) is 11.8 Å². The summed E-state index contributed by atoms with van der Waals surface area (Å²) >= 11 is 0. The van der Waals surface area contributed by atoms with Crippen LogP contribution in [0.5, 0.6) is 0 Å². The average molecular weight is 747 g/mol. The van der Waals surface area contributed by atoms with Gasteiger partial charge in [-0.2, -0.15) is 0 Å². The molecule has 3 atom stereocenters.